The predicted octanol–water partition coefficient (Wildman–Crippen LogP) is 1.75. The van der Waals surface area contributed by atoms with Crippen LogP contribution in [0, 0.1) is 0 Å². The Morgan fingerprint density at radius 1 is 1.67 bits per heavy atom. The highest BCUT2D eigenvalue weighted by atomic mass is 35.5. The van der Waals surface area contributed by atoms with Gasteiger partial charge in [0.05, 0.1) is 11.2 Å². The quantitative estimate of drug-likeness (QED) is 0.879. The van der Waals surface area contributed by atoms with Gasteiger partial charge in [-0.1, -0.05) is 0 Å². The average Bonchev–Trinajstić information content (AvgIpc) is 2.80. The minimum Gasteiger partial charge on any atom is -0.318 e. The van der Waals surface area contributed by atoms with E-state index >= 15 is 0 Å². The number of nitrogens with one attached hydrogen (secondary N) is 1. The number of halogens is 1. The summed E-state index contributed by atoms with van der Waals surface area (Å²) in [4.78, 5) is 6.86. The van der Waals surface area contributed by atoms with Crippen molar-refractivity contribution in [3.63, 3.8) is 0 Å². The number of aromatic nitrogens is 1. The number of nitrogens with zero attached hydrogens (tertiary/aromatic N) is 2. The lowest BCUT2D eigenvalue weighted by Crippen LogP contribution is -2.36. The molecule has 1 unspecified atom stereocenters. The summed E-state index contributed by atoms with van der Waals surface area (Å²) in [6.45, 7) is 3.35. The highest BCUT2D eigenvalue weighted by Crippen LogP contribution is 2.19. The third-order valence-corrected chi connectivity index (χ3v) is 3.42. The Hall–Kier alpha value is -0.160. The van der Waals surface area contributed by atoms with Gasteiger partial charge in [-0.25, -0.2) is 4.98 Å². The van der Waals surface area contributed by atoms with Gasteiger partial charge in [-0.15, -0.1) is 23.7 Å². The Labute approximate surface area is 101 Å². The number of rotatable bonds is 4. The second kappa shape index (κ2) is 6.43. The maximum atomic E-state index is 4.33. The van der Waals surface area contributed by atoms with E-state index in [0.717, 1.165) is 13.1 Å². The van der Waals surface area contributed by atoms with Crippen molar-refractivity contribution in [1.82, 2.24) is 15.2 Å². The van der Waals surface area contributed by atoms with Crippen LogP contribution in [0.15, 0.2) is 10.9 Å². The monoisotopic (exact) mass is 247 g/mol. The third-order valence-electron chi connectivity index (χ3n) is 2.79. The molecule has 3 nitrogen and oxygen atoms in total. The standard InChI is InChI=1S/C10H17N3S.ClH/c1-11-5-10-3-2-4-13(10)6-9-7-14-8-12-9;/h7-8,10-11H,2-6H2,1H3;1H. The molecule has 1 atom stereocenters. The number of hydrogen-bond acceptors (Lipinski definition) is 4. The van der Waals surface area contributed by atoms with Gasteiger partial charge in [0.25, 0.3) is 0 Å². The molecule has 5 heteroatoms. The van der Waals surface area contributed by atoms with E-state index in [1.807, 2.05) is 12.6 Å². The van der Waals surface area contributed by atoms with Crippen molar-refractivity contribution in [3.8, 4) is 0 Å². The molecule has 0 aliphatic carbocycles. The molecular weight excluding hydrogens is 230 g/mol. The van der Waals surface area contributed by atoms with E-state index in [0.29, 0.717) is 6.04 Å². The van der Waals surface area contributed by atoms with Gasteiger partial charge in [-0.2, -0.15) is 0 Å². The molecule has 2 heterocycles. The van der Waals surface area contributed by atoms with Crippen LogP contribution in [0.1, 0.15) is 18.5 Å². The van der Waals surface area contributed by atoms with Crippen molar-refractivity contribution >= 4 is 23.7 Å². The van der Waals surface area contributed by atoms with E-state index in [1.165, 1.54) is 25.1 Å². The zero-order valence-corrected chi connectivity index (χ0v) is 10.6. The maximum Gasteiger partial charge on any atom is 0.0795 e. The van der Waals surface area contributed by atoms with Crippen LogP contribution in [-0.4, -0.2) is 36.1 Å². The highest BCUT2D eigenvalue weighted by Gasteiger charge is 2.23. The largest absolute Gasteiger partial charge is 0.318 e. The Balaban J connectivity index is 0.00000112. The highest BCUT2D eigenvalue weighted by molar-refractivity contribution is 7.07. The molecule has 1 aliphatic rings. The fraction of sp³-hybridized carbons (Fsp3) is 0.700. The molecule has 1 N–H and O–H groups in total. The van der Waals surface area contributed by atoms with E-state index in [4.69, 9.17) is 0 Å². The lowest BCUT2D eigenvalue weighted by molar-refractivity contribution is 0.240. The van der Waals surface area contributed by atoms with E-state index in [9.17, 15) is 0 Å². The van der Waals surface area contributed by atoms with Crippen molar-refractivity contribution in [2.75, 3.05) is 20.1 Å². The zero-order chi connectivity index (χ0) is 9.80. The minimum atomic E-state index is 0. The molecule has 1 aromatic heterocycles. The van der Waals surface area contributed by atoms with E-state index in [-0.39, 0.29) is 12.4 Å². The summed E-state index contributed by atoms with van der Waals surface area (Å²) in [5.41, 5.74) is 3.14. The number of hydrogen-bond donors (Lipinski definition) is 1. The summed E-state index contributed by atoms with van der Waals surface area (Å²) < 4.78 is 0. The van der Waals surface area contributed by atoms with Crippen molar-refractivity contribution in [2.24, 2.45) is 0 Å². The molecular formula is C10H18ClN3S. The molecule has 0 saturated carbocycles. The molecule has 0 aromatic carbocycles. The molecule has 2 rings (SSSR count). The van der Waals surface area contributed by atoms with Gasteiger partial charge in [0.1, 0.15) is 0 Å². The van der Waals surface area contributed by atoms with Crippen molar-refractivity contribution in [3.05, 3.63) is 16.6 Å². The fourth-order valence-electron chi connectivity index (χ4n) is 2.09. The summed E-state index contributed by atoms with van der Waals surface area (Å²) in [6, 6.07) is 0.710. The lowest BCUT2D eigenvalue weighted by Gasteiger charge is -2.23. The van der Waals surface area contributed by atoms with Gasteiger partial charge in [0, 0.05) is 24.5 Å². The Morgan fingerprint density at radius 3 is 3.20 bits per heavy atom. The van der Waals surface area contributed by atoms with Crippen molar-refractivity contribution in [2.45, 2.75) is 25.4 Å². The molecule has 0 spiro atoms. The van der Waals surface area contributed by atoms with Crippen LogP contribution in [0.2, 0.25) is 0 Å². The predicted molar refractivity (Wildman–Crippen MR) is 66.7 cm³/mol. The van der Waals surface area contributed by atoms with Gasteiger partial charge in [-0.3, -0.25) is 4.90 Å². The Morgan fingerprint density at radius 2 is 2.53 bits per heavy atom. The first kappa shape index (κ1) is 12.9. The lowest BCUT2D eigenvalue weighted by atomic mass is 10.2. The molecule has 1 aromatic rings. The van der Waals surface area contributed by atoms with Crippen LogP contribution in [0.5, 0.6) is 0 Å². The van der Waals surface area contributed by atoms with Gasteiger partial charge < -0.3 is 5.32 Å². The summed E-state index contributed by atoms with van der Waals surface area (Å²) in [7, 11) is 2.03. The SMILES string of the molecule is CNCC1CCCN1Cc1cscn1.Cl. The summed E-state index contributed by atoms with van der Waals surface area (Å²) in [6.07, 6.45) is 2.65. The molecule has 1 aliphatic heterocycles. The van der Waals surface area contributed by atoms with Gasteiger partial charge >= 0.3 is 0 Å². The van der Waals surface area contributed by atoms with Crippen molar-refractivity contribution < 1.29 is 0 Å². The molecule has 1 saturated heterocycles. The minimum absolute atomic E-state index is 0. The first-order chi connectivity index (χ1) is 6.90. The van der Waals surface area contributed by atoms with Crippen LogP contribution < -0.4 is 5.32 Å². The van der Waals surface area contributed by atoms with E-state index in [1.54, 1.807) is 11.3 Å². The molecule has 0 amide bonds. The first-order valence-electron chi connectivity index (χ1n) is 5.16. The molecule has 1 fully saturated rings. The number of likely N-dealkylation sites (N-methyl/N-ethyl adjacent to an activating group) is 1. The molecule has 15 heavy (non-hydrogen) atoms. The third kappa shape index (κ3) is 3.41. The van der Waals surface area contributed by atoms with Crippen molar-refractivity contribution in [1.29, 1.82) is 0 Å². The van der Waals surface area contributed by atoms with Gasteiger partial charge in [-0.05, 0) is 26.4 Å². The summed E-state index contributed by atoms with van der Waals surface area (Å²) in [5.74, 6) is 0. The van der Waals surface area contributed by atoms with Crippen LogP contribution >= 0.6 is 23.7 Å². The maximum absolute atomic E-state index is 4.33. The smallest absolute Gasteiger partial charge is 0.0795 e. The normalized spacial score (nSPS) is 21.5. The Kier molecular flexibility index (Phi) is 5.53. The number of likely N-dealkylation sites (tertiary alicyclic amines) is 1. The summed E-state index contributed by atoms with van der Waals surface area (Å²) >= 11 is 1.68. The average molecular weight is 248 g/mol. The van der Waals surface area contributed by atoms with Crippen LogP contribution in [0.25, 0.3) is 0 Å². The molecule has 0 radical (unpaired) electrons. The number of thiazole rings is 1. The molecule has 0 bridgehead atoms. The van der Waals surface area contributed by atoms with Crippen LogP contribution in [0.3, 0.4) is 0 Å². The zero-order valence-electron chi connectivity index (χ0n) is 8.98. The van der Waals surface area contributed by atoms with Crippen LogP contribution in [-0.2, 0) is 6.54 Å². The topological polar surface area (TPSA) is 28.2 Å². The first-order valence-corrected chi connectivity index (χ1v) is 6.10. The van der Waals surface area contributed by atoms with Gasteiger partial charge in [0.15, 0.2) is 0 Å². The second-order valence-corrected chi connectivity index (χ2v) is 4.52. The van der Waals surface area contributed by atoms with Gasteiger partial charge in [0.2, 0.25) is 0 Å². The van der Waals surface area contributed by atoms with E-state index in [2.05, 4.69) is 20.6 Å². The second-order valence-electron chi connectivity index (χ2n) is 3.80. The van der Waals surface area contributed by atoms with E-state index < -0.39 is 0 Å². The Bertz CT molecular complexity index is 266. The van der Waals surface area contributed by atoms with Crippen LogP contribution in [0.4, 0.5) is 0 Å². The fourth-order valence-corrected chi connectivity index (χ4v) is 2.64. The summed E-state index contributed by atoms with van der Waals surface area (Å²) in [5, 5.41) is 5.41. The molecule has 86 valence electrons.